The average Bonchev–Trinajstić information content (AvgIpc) is 2.82. The molecule has 0 saturated heterocycles. The molecule has 0 bridgehead atoms. The van der Waals surface area contributed by atoms with Crippen molar-refractivity contribution in [1.29, 1.82) is 0 Å². The summed E-state index contributed by atoms with van der Waals surface area (Å²) in [6.07, 6.45) is 0.500. The van der Waals surface area contributed by atoms with Crippen LogP contribution >= 0.6 is 23.2 Å². The molecule has 1 unspecified atom stereocenters. The van der Waals surface area contributed by atoms with Crippen molar-refractivity contribution in [3.05, 3.63) is 64.5 Å². The lowest BCUT2D eigenvalue weighted by atomic mass is 10.1. The number of amides is 2. The van der Waals surface area contributed by atoms with Crippen LogP contribution in [-0.4, -0.2) is 64.6 Å². The van der Waals surface area contributed by atoms with Crippen LogP contribution < -0.4 is 25.0 Å². The van der Waals surface area contributed by atoms with E-state index in [0.29, 0.717) is 22.2 Å². The van der Waals surface area contributed by atoms with Crippen molar-refractivity contribution < 1.29 is 31.9 Å². The van der Waals surface area contributed by atoms with Crippen molar-refractivity contribution in [2.24, 2.45) is 0 Å². The summed E-state index contributed by atoms with van der Waals surface area (Å²) in [6.45, 7) is 3.86. The zero-order valence-corrected chi connectivity index (χ0v) is 22.3. The molecule has 0 saturated carbocycles. The fourth-order valence-electron chi connectivity index (χ4n) is 3.41. The van der Waals surface area contributed by atoms with Crippen LogP contribution in [0, 0.1) is 5.82 Å². The fourth-order valence-corrected chi connectivity index (χ4v) is 4.25. The lowest BCUT2D eigenvalue weighted by Gasteiger charge is -2.35. The van der Waals surface area contributed by atoms with Crippen molar-refractivity contribution in [3.8, 4) is 11.5 Å². The van der Waals surface area contributed by atoms with Crippen LogP contribution in [0.2, 0.25) is 10.0 Å². The van der Waals surface area contributed by atoms with Crippen molar-refractivity contribution in [2.75, 3.05) is 43.1 Å². The molecule has 1 aliphatic heterocycles. The number of halogens is 3. The maximum absolute atomic E-state index is 13.4. The van der Waals surface area contributed by atoms with E-state index in [2.05, 4.69) is 17.2 Å². The van der Waals surface area contributed by atoms with Gasteiger partial charge in [-0.25, -0.2) is 12.8 Å². The number of rotatable bonds is 11. The average molecular weight is 574 g/mol. The molecule has 3 rings (SSSR count). The first kappa shape index (κ1) is 28.5. The molecule has 200 valence electrons. The number of ether oxygens (including phenoxy) is 2. The Morgan fingerprint density at radius 1 is 1.24 bits per heavy atom. The standard InChI is InChI=1S/C24H26Cl2FN3O6S/c1-15(29-23(31)14-35-17-4-5-18(26)19(27)12-17)7-8-28-24(32)22-13-30(9-10-37(2,33)34)20-11-16(25)3-6-21(20)36-22/h3-6,11-12,22H,1,7-10,13-14H2,2H3,(H,28,32)(H,29,31). The van der Waals surface area contributed by atoms with Crippen molar-refractivity contribution in [2.45, 2.75) is 12.5 Å². The highest BCUT2D eigenvalue weighted by molar-refractivity contribution is 7.90. The Balaban J connectivity index is 1.47. The van der Waals surface area contributed by atoms with Crippen LogP contribution in [0.3, 0.4) is 0 Å². The highest BCUT2D eigenvalue weighted by Crippen LogP contribution is 2.35. The second-order valence-electron chi connectivity index (χ2n) is 8.35. The molecule has 0 aromatic heterocycles. The van der Waals surface area contributed by atoms with Crippen LogP contribution in [0.1, 0.15) is 6.42 Å². The maximum atomic E-state index is 13.4. The fraction of sp³-hybridized carbons (Fsp3) is 0.333. The van der Waals surface area contributed by atoms with Gasteiger partial charge in [-0.1, -0.05) is 29.8 Å². The van der Waals surface area contributed by atoms with E-state index < -0.39 is 33.6 Å². The second-order valence-corrected chi connectivity index (χ2v) is 11.5. The minimum Gasteiger partial charge on any atom is -0.484 e. The molecule has 2 aromatic rings. The molecular weight excluding hydrogens is 548 g/mol. The third-order valence-electron chi connectivity index (χ3n) is 5.24. The highest BCUT2D eigenvalue weighted by atomic mass is 35.5. The van der Waals surface area contributed by atoms with Gasteiger partial charge in [0.25, 0.3) is 11.8 Å². The van der Waals surface area contributed by atoms with E-state index in [9.17, 15) is 22.4 Å². The first-order valence-corrected chi connectivity index (χ1v) is 13.9. The largest absolute Gasteiger partial charge is 0.484 e. The number of carbonyl (C=O) groups is 2. The smallest absolute Gasteiger partial charge is 0.262 e. The van der Waals surface area contributed by atoms with E-state index in [4.69, 9.17) is 32.7 Å². The number of anilines is 1. The number of sulfone groups is 1. The van der Waals surface area contributed by atoms with Crippen molar-refractivity contribution in [3.63, 3.8) is 0 Å². The second kappa shape index (κ2) is 12.5. The van der Waals surface area contributed by atoms with E-state index in [1.54, 1.807) is 23.1 Å². The Morgan fingerprint density at radius 3 is 2.70 bits per heavy atom. The molecule has 1 atom stereocenters. The van der Waals surface area contributed by atoms with Gasteiger partial charge >= 0.3 is 0 Å². The first-order chi connectivity index (χ1) is 17.4. The van der Waals surface area contributed by atoms with Gasteiger partial charge in [0.15, 0.2) is 12.7 Å². The molecule has 1 aliphatic rings. The van der Waals surface area contributed by atoms with Gasteiger partial charge in [-0.15, -0.1) is 0 Å². The molecule has 2 aromatic carbocycles. The zero-order chi connectivity index (χ0) is 27.2. The molecular formula is C24H26Cl2FN3O6S. The molecule has 13 heteroatoms. The molecule has 0 spiro atoms. The SMILES string of the molecule is C=C(CCNC(=O)C1CN(CCS(C)(=O)=O)c2cc(Cl)ccc2O1)NC(=O)COc1ccc(Cl)c(F)c1. The van der Waals surface area contributed by atoms with Crippen LogP contribution in [0.25, 0.3) is 0 Å². The maximum Gasteiger partial charge on any atom is 0.262 e. The van der Waals surface area contributed by atoms with Gasteiger partial charge in [0.05, 0.1) is 23.0 Å². The molecule has 0 radical (unpaired) electrons. The number of nitrogens with zero attached hydrogens (tertiary/aromatic N) is 1. The summed E-state index contributed by atoms with van der Waals surface area (Å²) in [5.41, 5.74) is 0.954. The summed E-state index contributed by atoms with van der Waals surface area (Å²) in [7, 11) is -3.22. The highest BCUT2D eigenvalue weighted by Gasteiger charge is 2.31. The number of carbonyl (C=O) groups excluding carboxylic acids is 2. The molecule has 0 fully saturated rings. The van der Waals surface area contributed by atoms with E-state index in [1.807, 2.05) is 0 Å². The van der Waals surface area contributed by atoms with Gasteiger partial charge in [0, 0.05) is 42.6 Å². The summed E-state index contributed by atoms with van der Waals surface area (Å²) in [4.78, 5) is 26.6. The Kier molecular flexibility index (Phi) is 9.63. The number of nitrogens with one attached hydrogen (secondary N) is 2. The van der Waals surface area contributed by atoms with Crippen molar-refractivity contribution in [1.82, 2.24) is 10.6 Å². The molecule has 37 heavy (non-hydrogen) atoms. The van der Waals surface area contributed by atoms with E-state index in [1.165, 1.54) is 12.1 Å². The first-order valence-electron chi connectivity index (χ1n) is 11.1. The molecule has 1 heterocycles. The Hall–Kier alpha value is -3.02. The topological polar surface area (TPSA) is 114 Å². The number of fused-ring (bicyclic) bond motifs is 1. The summed E-state index contributed by atoms with van der Waals surface area (Å²) in [6, 6.07) is 8.74. The lowest BCUT2D eigenvalue weighted by molar-refractivity contribution is -0.127. The minimum atomic E-state index is -3.22. The molecule has 2 amide bonds. The summed E-state index contributed by atoms with van der Waals surface area (Å²) >= 11 is 11.7. The van der Waals surface area contributed by atoms with Crippen LogP contribution in [0.15, 0.2) is 48.7 Å². The predicted molar refractivity (Wildman–Crippen MR) is 140 cm³/mol. The molecule has 0 aliphatic carbocycles. The Morgan fingerprint density at radius 2 is 2.00 bits per heavy atom. The van der Waals surface area contributed by atoms with E-state index in [0.717, 1.165) is 12.3 Å². The Labute approximate surface area is 224 Å². The molecule has 9 nitrogen and oxygen atoms in total. The summed E-state index contributed by atoms with van der Waals surface area (Å²) < 4.78 is 47.8. The van der Waals surface area contributed by atoms with Gasteiger partial charge in [-0.2, -0.15) is 0 Å². The van der Waals surface area contributed by atoms with E-state index >= 15 is 0 Å². The third-order valence-corrected chi connectivity index (χ3v) is 6.71. The number of benzene rings is 2. The van der Waals surface area contributed by atoms with Gasteiger partial charge in [0.2, 0.25) is 0 Å². The normalized spacial score (nSPS) is 14.8. The van der Waals surface area contributed by atoms with Gasteiger partial charge in [-0.3, -0.25) is 9.59 Å². The molecule has 2 N–H and O–H groups in total. The van der Waals surface area contributed by atoms with Crippen LogP contribution in [-0.2, 0) is 19.4 Å². The van der Waals surface area contributed by atoms with Crippen LogP contribution in [0.4, 0.5) is 10.1 Å². The zero-order valence-electron chi connectivity index (χ0n) is 19.9. The van der Waals surface area contributed by atoms with Gasteiger partial charge in [-0.05, 0) is 30.3 Å². The van der Waals surface area contributed by atoms with Gasteiger partial charge in [0.1, 0.15) is 27.2 Å². The number of hydrogen-bond acceptors (Lipinski definition) is 7. The van der Waals surface area contributed by atoms with E-state index in [-0.39, 0.29) is 49.2 Å². The van der Waals surface area contributed by atoms with Crippen molar-refractivity contribution >= 4 is 50.5 Å². The third kappa shape index (κ3) is 8.80. The summed E-state index contributed by atoms with van der Waals surface area (Å²) in [5, 5.41) is 5.68. The minimum absolute atomic E-state index is 0.0546. The van der Waals surface area contributed by atoms with Crippen LogP contribution in [0.5, 0.6) is 11.5 Å². The predicted octanol–water partition coefficient (Wildman–Crippen LogP) is 2.96. The monoisotopic (exact) mass is 573 g/mol. The quantitative estimate of drug-likeness (QED) is 0.424. The lowest BCUT2D eigenvalue weighted by Crippen LogP contribution is -2.50. The summed E-state index contributed by atoms with van der Waals surface area (Å²) in [5.74, 6) is -1.09. The number of hydrogen-bond donors (Lipinski definition) is 2. The van der Waals surface area contributed by atoms with Gasteiger partial charge < -0.3 is 25.0 Å². The Bertz CT molecular complexity index is 1290.